The summed E-state index contributed by atoms with van der Waals surface area (Å²) in [6, 6.07) is 29.9. The number of allylic oxidation sites excluding steroid dienone is 4. The van der Waals surface area contributed by atoms with Gasteiger partial charge in [0.15, 0.2) is 5.65 Å². The number of rotatable bonds is 1. The zero-order valence-electron chi connectivity index (χ0n) is 19.2. The lowest BCUT2D eigenvalue weighted by Crippen LogP contribution is -2.44. The first kappa shape index (κ1) is 18.1. The van der Waals surface area contributed by atoms with Crippen molar-refractivity contribution in [2.75, 3.05) is 0 Å². The summed E-state index contributed by atoms with van der Waals surface area (Å²) in [5, 5.41) is 6.88. The fourth-order valence-electron chi connectivity index (χ4n) is 7.02. The molecule has 1 aliphatic carbocycles. The number of fused-ring (bicyclic) bond motifs is 16. The highest BCUT2D eigenvalue weighted by molar-refractivity contribution is 7.27. The van der Waals surface area contributed by atoms with Crippen LogP contribution in [0.3, 0.4) is 0 Å². The predicted molar refractivity (Wildman–Crippen MR) is 152 cm³/mol. The lowest BCUT2D eigenvalue weighted by molar-refractivity contribution is 0.212. The van der Waals surface area contributed by atoms with Crippen LogP contribution in [0.2, 0.25) is 0 Å². The second-order valence-electron chi connectivity index (χ2n) is 10.1. The highest BCUT2D eigenvalue weighted by Crippen LogP contribution is 2.54. The van der Waals surface area contributed by atoms with Crippen molar-refractivity contribution in [2.24, 2.45) is 0 Å². The molecule has 0 bridgehead atoms. The molecule has 2 atom stereocenters. The Morgan fingerprint density at radius 3 is 2.28 bits per heavy atom. The van der Waals surface area contributed by atoms with Crippen LogP contribution in [0.1, 0.15) is 12.1 Å². The van der Waals surface area contributed by atoms with E-state index in [1.807, 2.05) is 11.3 Å². The lowest BCUT2D eigenvalue weighted by Gasteiger charge is -2.47. The third-order valence-corrected chi connectivity index (χ3v) is 9.76. The zero-order chi connectivity index (χ0) is 23.1. The monoisotopic (exact) mass is 477 g/mol. The SMILES string of the molecule is C1=CC2C(C=C1)n1c3c(c4cc5c6cccc(-c7ccccc7)c6sc5c5c6ccccc6n3c45)n12. The van der Waals surface area contributed by atoms with Gasteiger partial charge in [-0.2, -0.15) is 0 Å². The van der Waals surface area contributed by atoms with Gasteiger partial charge in [0.2, 0.25) is 0 Å². The van der Waals surface area contributed by atoms with Gasteiger partial charge in [0.1, 0.15) is 5.52 Å². The summed E-state index contributed by atoms with van der Waals surface area (Å²) in [5.41, 5.74) is 8.03. The van der Waals surface area contributed by atoms with Crippen molar-refractivity contribution in [3.63, 3.8) is 0 Å². The Labute approximate surface area is 209 Å². The standard InChI is InChI=1S/C32H19N3S/c1-2-9-18(10-3-1)19-12-8-13-20-22-17-23-28-27(31(22)36-30(19)20)21-11-4-5-14-24(21)33(28)32-29(23)34-25-15-6-7-16-26(25)35(32)34/h1-17,25-26H. The molecular weight excluding hydrogens is 458 g/mol. The number of hydrogen-bond acceptors (Lipinski definition) is 1. The molecule has 0 saturated carbocycles. The Kier molecular flexibility index (Phi) is 2.97. The average molecular weight is 478 g/mol. The maximum Gasteiger partial charge on any atom is 0.160 e. The summed E-state index contributed by atoms with van der Waals surface area (Å²) in [7, 11) is 0. The topological polar surface area (TPSA) is 14.3 Å². The van der Waals surface area contributed by atoms with Crippen LogP contribution in [0.25, 0.3) is 69.7 Å². The summed E-state index contributed by atoms with van der Waals surface area (Å²) >= 11 is 1.96. The first-order valence-electron chi connectivity index (χ1n) is 12.6. The Morgan fingerprint density at radius 1 is 0.611 bits per heavy atom. The Morgan fingerprint density at radius 2 is 1.39 bits per heavy atom. The van der Waals surface area contributed by atoms with Crippen LogP contribution >= 0.6 is 11.3 Å². The summed E-state index contributed by atoms with van der Waals surface area (Å²) in [5.74, 6) is 0. The van der Waals surface area contributed by atoms with Crippen molar-refractivity contribution < 1.29 is 0 Å². The minimum Gasteiger partial charge on any atom is -0.292 e. The van der Waals surface area contributed by atoms with E-state index in [0.717, 1.165) is 0 Å². The molecule has 0 saturated heterocycles. The molecule has 4 heteroatoms. The van der Waals surface area contributed by atoms with E-state index in [1.54, 1.807) is 0 Å². The van der Waals surface area contributed by atoms with Crippen LogP contribution in [-0.4, -0.2) is 13.8 Å². The first-order valence-corrected chi connectivity index (χ1v) is 13.4. The molecule has 1 aliphatic heterocycles. The fourth-order valence-corrected chi connectivity index (χ4v) is 8.40. The van der Waals surface area contributed by atoms with Crippen molar-refractivity contribution in [2.45, 2.75) is 12.1 Å². The zero-order valence-corrected chi connectivity index (χ0v) is 20.0. The van der Waals surface area contributed by atoms with Crippen LogP contribution in [0.4, 0.5) is 0 Å². The van der Waals surface area contributed by atoms with Crippen LogP contribution in [0.15, 0.2) is 103 Å². The minimum atomic E-state index is 0.426. The molecule has 4 aromatic carbocycles. The minimum absolute atomic E-state index is 0.426. The smallest absolute Gasteiger partial charge is 0.160 e. The number of para-hydroxylation sites is 1. The quantitative estimate of drug-likeness (QED) is 0.224. The average Bonchev–Trinajstić information content (AvgIpc) is 3.53. The molecule has 0 amide bonds. The number of benzene rings is 4. The van der Waals surface area contributed by atoms with Gasteiger partial charge in [-0.05, 0) is 23.3 Å². The maximum absolute atomic E-state index is 2.54. The summed E-state index contributed by atoms with van der Waals surface area (Å²) in [4.78, 5) is 0. The van der Waals surface area contributed by atoms with Gasteiger partial charge in [0.05, 0.1) is 23.1 Å². The van der Waals surface area contributed by atoms with Gasteiger partial charge in [-0.3, -0.25) is 13.8 Å². The fraction of sp³-hybridized carbons (Fsp3) is 0.0625. The van der Waals surface area contributed by atoms with Gasteiger partial charge >= 0.3 is 0 Å². The van der Waals surface area contributed by atoms with E-state index in [0.29, 0.717) is 12.1 Å². The lowest BCUT2D eigenvalue weighted by atomic mass is 9.96. The van der Waals surface area contributed by atoms with Crippen LogP contribution in [0.5, 0.6) is 0 Å². The Hall–Kier alpha value is -4.28. The molecule has 10 rings (SSSR count). The Bertz CT molecular complexity index is 2260. The third kappa shape index (κ3) is 1.83. The molecule has 4 aromatic heterocycles. The first-order chi connectivity index (χ1) is 17.9. The highest BCUT2D eigenvalue weighted by atomic mass is 32.1. The number of nitrogens with zero attached hydrogens (tertiary/aromatic N) is 3. The third-order valence-electron chi connectivity index (χ3n) is 8.48. The van der Waals surface area contributed by atoms with Crippen molar-refractivity contribution in [3.8, 4) is 11.1 Å². The molecule has 36 heavy (non-hydrogen) atoms. The van der Waals surface area contributed by atoms with Crippen molar-refractivity contribution in [1.82, 2.24) is 13.8 Å². The normalized spacial score (nSPS) is 18.9. The second-order valence-corrected chi connectivity index (χ2v) is 11.2. The molecule has 2 unspecified atom stereocenters. The molecule has 5 heterocycles. The van der Waals surface area contributed by atoms with Gasteiger partial charge in [-0.15, -0.1) is 11.3 Å². The highest BCUT2D eigenvalue weighted by Gasteiger charge is 2.43. The van der Waals surface area contributed by atoms with Gasteiger partial charge in [-0.1, -0.05) is 91.0 Å². The molecule has 0 N–H and O–H groups in total. The van der Waals surface area contributed by atoms with E-state index in [2.05, 4.69) is 117 Å². The van der Waals surface area contributed by atoms with E-state index < -0.39 is 0 Å². The molecule has 0 fully saturated rings. The predicted octanol–water partition coefficient (Wildman–Crippen LogP) is 8.70. The van der Waals surface area contributed by atoms with E-state index in [9.17, 15) is 0 Å². The van der Waals surface area contributed by atoms with Crippen LogP contribution < -0.4 is 0 Å². The Balaban J connectivity index is 1.43. The molecule has 2 aliphatic rings. The number of hydrogen-bond donors (Lipinski definition) is 0. The summed E-state index contributed by atoms with van der Waals surface area (Å²) in [6.07, 6.45) is 9.07. The maximum atomic E-state index is 2.54. The van der Waals surface area contributed by atoms with Gasteiger partial charge in [-0.25, -0.2) is 0 Å². The summed E-state index contributed by atoms with van der Waals surface area (Å²) < 4.78 is 10.3. The molecule has 168 valence electrons. The van der Waals surface area contributed by atoms with E-state index in [-0.39, 0.29) is 0 Å². The van der Waals surface area contributed by atoms with Crippen molar-refractivity contribution in [3.05, 3.63) is 103 Å². The van der Waals surface area contributed by atoms with Crippen LogP contribution in [0, 0.1) is 0 Å². The van der Waals surface area contributed by atoms with E-state index in [4.69, 9.17) is 0 Å². The molecular formula is C32H19N3S. The van der Waals surface area contributed by atoms with Crippen molar-refractivity contribution >= 4 is 69.9 Å². The van der Waals surface area contributed by atoms with Gasteiger partial charge in [0.25, 0.3) is 0 Å². The van der Waals surface area contributed by atoms with E-state index in [1.165, 1.54) is 69.7 Å². The number of thiophene rings is 1. The largest absolute Gasteiger partial charge is 0.292 e. The van der Waals surface area contributed by atoms with Crippen LogP contribution in [-0.2, 0) is 0 Å². The molecule has 0 spiro atoms. The van der Waals surface area contributed by atoms with E-state index >= 15 is 0 Å². The number of aromatic nitrogens is 3. The second kappa shape index (κ2) is 5.92. The molecule has 0 radical (unpaired) electrons. The molecule has 3 nitrogen and oxygen atoms in total. The molecule has 8 aromatic rings. The summed E-state index contributed by atoms with van der Waals surface area (Å²) in [6.45, 7) is 0. The van der Waals surface area contributed by atoms with Gasteiger partial charge in [0, 0.05) is 36.3 Å². The van der Waals surface area contributed by atoms with Gasteiger partial charge < -0.3 is 0 Å². The van der Waals surface area contributed by atoms with Crippen molar-refractivity contribution in [1.29, 1.82) is 0 Å².